The Kier molecular flexibility index (Phi) is 9.36. The van der Waals surface area contributed by atoms with Crippen molar-refractivity contribution in [2.75, 3.05) is 6.54 Å². The maximum atomic E-state index is 13.2. The Labute approximate surface area is 191 Å². The Morgan fingerprint density at radius 3 is 2.10 bits per heavy atom. The Balaban J connectivity index is 1.74. The topological polar surface area (TPSA) is 20.3 Å². The van der Waals surface area contributed by atoms with Gasteiger partial charge in [-0.3, -0.25) is 4.79 Å². The maximum absolute atomic E-state index is 13.2. The molecule has 0 unspecified atom stereocenters. The molecule has 0 spiro atoms. The van der Waals surface area contributed by atoms with Crippen LogP contribution >= 0.6 is 11.3 Å². The second kappa shape index (κ2) is 12.5. The minimum Gasteiger partial charge on any atom is -0.338 e. The lowest BCUT2D eigenvalue weighted by molar-refractivity contribution is -0.132. The monoisotopic (exact) mass is 433 g/mol. The number of carbonyl (C=O) groups excluding carboxylic acids is 1. The molecule has 0 N–H and O–H groups in total. The van der Waals surface area contributed by atoms with Crippen molar-refractivity contribution in [2.24, 2.45) is 0 Å². The number of nitrogens with zero attached hydrogens (tertiary/aromatic N) is 1. The molecule has 2 aromatic carbocycles. The lowest BCUT2D eigenvalue weighted by Crippen LogP contribution is -2.32. The van der Waals surface area contributed by atoms with Crippen molar-refractivity contribution in [3.8, 4) is 0 Å². The van der Waals surface area contributed by atoms with Crippen LogP contribution in [0.25, 0.3) is 0 Å². The first-order valence-corrected chi connectivity index (χ1v) is 12.5. The summed E-state index contributed by atoms with van der Waals surface area (Å²) in [7, 11) is 0. The molecule has 3 heteroatoms. The number of aryl methyl sites for hydroxylation is 1. The van der Waals surface area contributed by atoms with Crippen LogP contribution in [-0.4, -0.2) is 17.4 Å². The predicted molar refractivity (Wildman–Crippen MR) is 133 cm³/mol. The van der Waals surface area contributed by atoms with Gasteiger partial charge in [-0.1, -0.05) is 86.8 Å². The number of carbonyl (C=O) groups is 1. The van der Waals surface area contributed by atoms with Crippen LogP contribution in [0.4, 0.5) is 0 Å². The Bertz CT molecular complexity index is 864. The quantitative estimate of drug-likeness (QED) is 0.270. The Morgan fingerprint density at radius 2 is 1.55 bits per heavy atom. The highest BCUT2D eigenvalue weighted by atomic mass is 32.1. The standard InChI is InChI=1S/C28H35NOS/c1-3-4-5-12-17-28(30)29(22-27-23(2)19-21-31-27)20-18-26(24-13-8-6-9-14-24)25-15-10-7-11-16-25/h6-11,13-16,19,21,26H,3-5,12,17-18,20,22H2,1-2H3. The van der Waals surface area contributed by atoms with E-state index >= 15 is 0 Å². The molecule has 0 radical (unpaired) electrons. The van der Waals surface area contributed by atoms with Gasteiger partial charge in [0.15, 0.2) is 0 Å². The summed E-state index contributed by atoms with van der Waals surface area (Å²) in [5.74, 6) is 0.589. The zero-order valence-corrected chi connectivity index (χ0v) is 19.7. The molecule has 0 aliphatic heterocycles. The SMILES string of the molecule is CCCCCCC(=O)N(CCC(c1ccccc1)c1ccccc1)Cc1sccc1C. The van der Waals surface area contributed by atoms with Gasteiger partial charge in [-0.2, -0.15) is 0 Å². The molecule has 1 amide bonds. The third-order valence-electron chi connectivity index (χ3n) is 5.99. The first kappa shape index (κ1) is 23.3. The van der Waals surface area contributed by atoms with Gasteiger partial charge in [-0.05, 0) is 47.9 Å². The summed E-state index contributed by atoms with van der Waals surface area (Å²) in [5, 5.41) is 2.13. The normalized spacial score (nSPS) is 11.1. The lowest BCUT2D eigenvalue weighted by Gasteiger charge is -2.26. The van der Waals surface area contributed by atoms with E-state index in [0.717, 1.165) is 32.4 Å². The molecule has 0 atom stereocenters. The number of benzene rings is 2. The molecule has 1 heterocycles. The fourth-order valence-electron chi connectivity index (χ4n) is 4.07. The molecule has 0 saturated carbocycles. The second-order valence-corrected chi connectivity index (χ2v) is 9.32. The summed E-state index contributed by atoms with van der Waals surface area (Å²) in [6.07, 6.45) is 6.13. The summed E-state index contributed by atoms with van der Waals surface area (Å²) in [6, 6.07) is 23.5. The smallest absolute Gasteiger partial charge is 0.222 e. The third-order valence-corrected chi connectivity index (χ3v) is 7.00. The number of thiophene rings is 1. The fourth-order valence-corrected chi connectivity index (χ4v) is 4.99. The first-order valence-electron chi connectivity index (χ1n) is 11.6. The van der Waals surface area contributed by atoms with Crippen LogP contribution in [0, 0.1) is 6.92 Å². The van der Waals surface area contributed by atoms with Gasteiger partial charge in [0.1, 0.15) is 0 Å². The molecule has 31 heavy (non-hydrogen) atoms. The molecule has 0 saturated heterocycles. The van der Waals surface area contributed by atoms with Crippen molar-refractivity contribution in [3.05, 3.63) is 93.7 Å². The van der Waals surface area contributed by atoms with E-state index in [2.05, 4.69) is 90.9 Å². The number of amides is 1. The van der Waals surface area contributed by atoms with Gasteiger partial charge >= 0.3 is 0 Å². The van der Waals surface area contributed by atoms with Gasteiger partial charge in [0.05, 0.1) is 6.54 Å². The molecular formula is C28H35NOS. The van der Waals surface area contributed by atoms with E-state index in [0.29, 0.717) is 18.2 Å². The largest absolute Gasteiger partial charge is 0.338 e. The highest BCUT2D eigenvalue weighted by molar-refractivity contribution is 7.10. The van der Waals surface area contributed by atoms with Crippen molar-refractivity contribution in [2.45, 2.75) is 64.8 Å². The zero-order valence-electron chi connectivity index (χ0n) is 18.9. The molecule has 0 aliphatic rings. The summed E-state index contributed by atoms with van der Waals surface area (Å²) in [5.41, 5.74) is 3.92. The molecule has 3 rings (SSSR count). The molecule has 164 valence electrons. The van der Waals surface area contributed by atoms with Crippen LogP contribution in [0.2, 0.25) is 0 Å². The third kappa shape index (κ3) is 7.07. The van der Waals surface area contributed by atoms with E-state index in [-0.39, 0.29) is 0 Å². The van der Waals surface area contributed by atoms with Crippen LogP contribution < -0.4 is 0 Å². The first-order chi connectivity index (χ1) is 15.2. The molecule has 0 bridgehead atoms. The van der Waals surface area contributed by atoms with Crippen molar-refractivity contribution in [1.82, 2.24) is 4.90 Å². The average Bonchev–Trinajstić information content (AvgIpc) is 3.21. The highest BCUT2D eigenvalue weighted by Gasteiger charge is 2.20. The summed E-state index contributed by atoms with van der Waals surface area (Å²) in [6.45, 7) is 5.86. The fraction of sp³-hybridized carbons (Fsp3) is 0.393. The van der Waals surface area contributed by atoms with Crippen LogP contribution in [-0.2, 0) is 11.3 Å². The second-order valence-electron chi connectivity index (χ2n) is 8.32. The molecule has 0 fully saturated rings. The Hall–Kier alpha value is -2.39. The van der Waals surface area contributed by atoms with Gasteiger partial charge in [0, 0.05) is 23.8 Å². The van der Waals surface area contributed by atoms with Gasteiger partial charge in [0.2, 0.25) is 5.91 Å². The summed E-state index contributed by atoms with van der Waals surface area (Å²) in [4.78, 5) is 16.6. The number of unbranched alkanes of at least 4 members (excludes halogenated alkanes) is 3. The van der Waals surface area contributed by atoms with Crippen molar-refractivity contribution in [3.63, 3.8) is 0 Å². The summed E-state index contributed by atoms with van der Waals surface area (Å²) < 4.78 is 0. The lowest BCUT2D eigenvalue weighted by atomic mass is 9.88. The molecule has 2 nitrogen and oxygen atoms in total. The summed E-state index contributed by atoms with van der Waals surface area (Å²) >= 11 is 1.76. The van der Waals surface area contributed by atoms with E-state index in [1.165, 1.54) is 34.4 Å². The van der Waals surface area contributed by atoms with Gasteiger partial charge in [-0.15, -0.1) is 11.3 Å². The van der Waals surface area contributed by atoms with Crippen molar-refractivity contribution < 1.29 is 4.79 Å². The Morgan fingerprint density at radius 1 is 0.903 bits per heavy atom. The van der Waals surface area contributed by atoms with Crippen LogP contribution in [0.1, 0.15) is 72.9 Å². The van der Waals surface area contributed by atoms with Gasteiger partial charge < -0.3 is 4.90 Å². The van der Waals surface area contributed by atoms with Crippen molar-refractivity contribution in [1.29, 1.82) is 0 Å². The van der Waals surface area contributed by atoms with Gasteiger partial charge in [0.25, 0.3) is 0 Å². The molecule has 0 aliphatic carbocycles. The number of hydrogen-bond donors (Lipinski definition) is 0. The van der Waals surface area contributed by atoms with Crippen LogP contribution in [0.5, 0.6) is 0 Å². The van der Waals surface area contributed by atoms with Crippen molar-refractivity contribution >= 4 is 17.2 Å². The van der Waals surface area contributed by atoms with E-state index in [4.69, 9.17) is 0 Å². The number of hydrogen-bond acceptors (Lipinski definition) is 2. The van der Waals surface area contributed by atoms with Crippen LogP contribution in [0.3, 0.4) is 0 Å². The molecule has 1 aromatic heterocycles. The van der Waals surface area contributed by atoms with Gasteiger partial charge in [-0.25, -0.2) is 0 Å². The van der Waals surface area contributed by atoms with Crippen LogP contribution in [0.15, 0.2) is 72.1 Å². The predicted octanol–water partition coefficient (Wildman–Crippen LogP) is 7.58. The van der Waals surface area contributed by atoms with E-state index in [1.807, 2.05) is 0 Å². The minimum absolute atomic E-state index is 0.294. The maximum Gasteiger partial charge on any atom is 0.222 e. The van der Waals surface area contributed by atoms with E-state index in [1.54, 1.807) is 11.3 Å². The minimum atomic E-state index is 0.294. The average molecular weight is 434 g/mol. The molecule has 3 aromatic rings. The molecular weight excluding hydrogens is 398 g/mol. The number of rotatable bonds is 12. The zero-order chi connectivity index (χ0) is 21.9. The van der Waals surface area contributed by atoms with E-state index < -0.39 is 0 Å². The van der Waals surface area contributed by atoms with E-state index in [9.17, 15) is 4.79 Å². The highest BCUT2D eigenvalue weighted by Crippen LogP contribution is 2.29.